The van der Waals surface area contributed by atoms with E-state index in [4.69, 9.17) is 18.6 Å². The maximum Gasteiger partial charge on any atom is 0.336 e. The zero-order valence-electron chi connectivity index (χ0n) is 16.4. The average Bonchev–Trinajstić information content (AvgIpc) is 3.12. The molecule has 1 saturated heterocycles. The Labute approximate surface area is 170 Å². The molecule has 1 aromatic heterocycles. The molecule has 0 amide bonds. The van der Waals surface area contributed by atoms with E-state index >= 15 is 0 Å². The summed E-state index contributed by atoms with van der Waals surface area (Å²) in [5, 5.41) is 50.6. The van der Waals surface area contributed by atoms with Crippen molar-refractivity contribution >= 4 is 11.0 Å². The SMILES string of the molecule is CC(C)(O)[C@@H]1Cc2cc3ccc(=O)oc3c(O[C@@H]3O[C@H](CO)[C@@H](O)[C@@H](O)[C@H]3O)c2O1. The van der Waals surface area contributed by atoms with E-state index in [1.165, 1.54) is 6.07 Å². The van der Waals surface area contributed by atoms with Crippen molar-refractivity contribution in [2.75, 3.05) is 6.61 Å². The van der Waals surface area contributed by atoms with Crippen LogP contribution in [0.3, 0.4) is 0 Å². The number of ether oxygens (including phenoxy) is 3. The highest BCUT2D eigenvalue weighted by Gasteiger charge is 2.46. The van der Waals surface area contributed by atoms with Gasteiger partial charge in [0.15, 0.2) is 11.3 Å². The second-order valence-corrected chi connectivity index (χ2v) is 8.15. The number of hydrogen-bond donors (Lipinski definition) is 5. The van der Waals surface area contributed by atoms with Crippen molar-refractivity contribution in [2.24, 2.45) is 0 Å². The highest BCUT2D eigenvalue weighted by molar-refractivity contribution is 5.87. The Morgan fingerprint density at radius 3 is 2.57 bits per heavy atom. The fraction of sp³-hybridized carbons (Fsp3) is 0.550. The molecule has 0 spiro atoms. The van der Waals surface area contributed by atoms with Crippen LogP contribution in [0.25, 0.3) is 11.0 Å². The van der Waals surface area contributed by atoms with Crippen LogP contribution in [0.5, 0.6) is 11.5 Å². The third-order valence-electron chi connectivity index (χ3n) is 5.43. The van der Waals surface area contributed by atoms with Gasteiger partial charge < -0.3 is 44.2 Å². The zero-order valence-corrected chi connectivity index (χ0v) is 16.4. The third kappa shape index (κ3) is 3.55. The lowest BCUT2D eigenvalue weighted by Crippen LogP contribution is -2.60. The Kier molecular flexibility index (Phi) is 5.25. The highest BCUT2D eigenvalue weighted by Crippen LogP contribution is 2.46. The molecular weight excluding hydrogens is 400 g/mol. The lowest BCUT2D eigenvalue weighted by Gasteiger charge is -2.39. The van der Waals surface area contributed by atoms with E-state index in [0.29, 0.717) is 17.4 Å². The topological polar surface area (TPSA) is 159 Å². The van der Waals surface area contributed by atoms with Crippen LogP contribution in [-0.2, 0) is 11.2 Å². The van der Waals surface area contributed by atoms with Gasteiger partial charge in [0, 0.05) is 23.4 Å². The summed E-state index contributed by atoms with van der Waals surface area (Å²) in [6, 6.07) is 4.54. The molecule has 1 fully saturated rings. The maximum atomic E-state index is 11.8. The Morgan fingerprint density at radius 2 is 1.90 bits per heavy atom. The van der Waals surface area contributed by atoms with E-state index in [9.17, 15) is 30.3 Å². The number of aliphatic hydroxyl groups excluding tert-OH is 4. The Bertz CT molecular complexity index is 991. The van der Waals surface area contributed by atoms with Gasteiger partial charge in [0.05, 0.1) is 12.2 Å². The quantitative estimate of drug-likeness (QED) is 0.387. The molecule has 3 heterocycles. The standard InChI is InChI=1S/C20H24O10/c1-20(2,26)11-6-9-5-8-3-4-12(22)29-16(8)18(17(9)28-11)30-19-15(25)14(24)13(23)10(7-21)27-19/h3-5,10-11,13-15,19,21,23-26H,6-7H2,1-2H3/t10-,11+,13-,14-,15-,19+/m1/s1. The monoisotopic (exact) mass is 424 g/mol. The van der Waals surface area contributed by atoms with Gasteiger partial charge in [-0.25, -0.2) is 4.79 Å². The van der Waals surface area contributed by atoms with Gasteiger partial charge in [0.1, 0.15) is 30.5 Å². The number of fused-ring (bicyclic) bond motifs is 2. The molecule has 0 radical (unpaired) electrons. The molecule has 2 aliphatic heterocycles. The molecule has 6 atom stereocenters. The molecule has 0 bridgehead atoms. The van der Waals surface area contributed by atoms with Gasteiger partial charge in [-0.1, -0.05) is 0 Å². The van der Waals surface area contributed by atoms with Gasteiger partial charge in [-0.05, 0) is 26.0 Å². The number of benzene rings is 1. The lowest BCUT2D eigenvalue weighted by molar-refractivity contribution is -0.277. The summed E-state index contributed by atoms with van der Waals surface area (Å²) < 4.78 is 22.4. The van der Waals surface area contributed by atoms with Crippen LogP contribution in [0.1, 0.15) is 19.4 Å². The van der Waals surface area contributed by atoms with E-state index in [-0.39, 0.29) is 17.1 Å². The van der Waals surface area contributed by atoms with Crippen LogP contribution in [0.15, 0.2) is 27.4 Å². The van der Waals surface area contributed by atoms with Crippen LogP contribution in [0.2, 0.25) is 0 Å². The van der Waals surface area contributed by atoms with Gasteiger partial charge >= 0.3 is 5.63 Å². The van der Waals surface area contributed by atoms with Crippen LogP contribution >= 0.6 is 0 Å². The molecule has 2 aliphatic rings. The first-order valence-electron chi connectivity index (χ1n) is 9.56. The summed E-state index contributed by atoms with van der Waals surface area (Å²) in [5.74, 6) is 0.164. The minimum Gasteiger partial charge on any atom is -0.483 e. The summed E-state index contributed by atoms with van der Waals surface area (Å²) >= 11 is 0. The Hall–Kier alpha value is -2.21. The Balaban J connectivity index is 1.78. The predicted molar refractivity (Wildman–Crippen MR) is 101 cm³/mol. The molecule has 4 rings (SSSR count). The van der Waals surface area contributed by atoms with Gasteiger partial charge in [-0.15, -0.1) is 0 Å². The van der Waals surface area contributed by atoms with Crippen molar-refractivity contribution in [3.63, 3.8) is 0 Å². The van der Waals surface area contributed by atoms with Crippen molar-refractivity contribution < 1.29 is 44.2 Å². The van der Waals surface area contributed by atoms with Crippen LogP contribution in [0, 0.1) is 0 Å². The van der Waals surface area contributed by atoms with Crippen LogP contribution < -0.4 is 15.1 Å². The number of rotatable bonds is 4. The molecular formula is C20H24O10. The van der Waals surface area contributed by atoms with E-state index < -0.39 is 54.6 Å². The van der Waals surface area contributed by atoms with Gasteiger partial charge in [-0.2, -0.15) is 0 Å². The molecule has 0 aliphatic carbocycles. The first-order chi connectivity index (χ1) is 14.1. The van der Waals surface area contributed by atoms with Crippen molar-refractivity contribution in [3.05, 3.63) is 34.2 Å². The molecule has 2 aromatic rings. The summed E-state index contributed by atoms with van der Waals surface area (Å²) in [6.07, 6.45) is -7.75. The molecule has 10 heteroatoms. The summed E-state index contributed by atoms with van der Waals surface area (Å²) in [7, 11) is 0. The number of aliphatic hydroxyl groups is 5. The van der Waals surface area contributed by atoms with E-state index in [1.54, 1.807) is 26.0 Å². The minimum atomic E-state index is -1.66. The fourth-order valence-corrected chi connectivity index (χ4v) is 3.67. The second kappa shape index (κ2) is 7.49. The van der Waals surface area contributed by atoms with E-state index in [1.807, 2.05) is 0 Å². The van der Waals surface area contributed by atoms with Gasteiger partial charge in [0.2, 0.25) is 12.0 Å². The molecule has 10 nitrogen and oxygen atoms in total. The lowest BCUT2D eigenvalue weighted by atomic mass is 9.96. The van der Waals surface area contributed by atoms with Crippen molar-refractivity contribution in [1.29, 1.82) is 0 Å². The first-order valence-corrected chi connectivity index (χ1v) is 9.56. The highest BCUT2D eigenvalue weighted by atomic mass is 16.7. The maximum absolute atomic E-state index is 11.8. The molecule has 0 unspecified atom stereocenters. The average molecular weight is 424 g/mol. The largest absolute Gasteiger partial charge is 0.483 e. The summed E-state index contributed by atoms with van der Waals surface area (Å²) in [5.41, 5.74) is -1.09. The summed E-state index contributed by atoms with van der Waals surface area (Å²) in [4.78, 5) is 11.8. The minimum absolute atomic E-state index is 0.0367. The predicted octanol–water partition coefficient (Wildman–Crippen LogP) is -0.954. The van der Waals surface area contributed by atoms with E-state index in [2.05, 4.69) is 0 Å². The fourth-order valence-electron chi connectivity index (χ4n) is 3.67. The Morgan fingerprint density at radius 1 is 1.17 bits per heavy atom. The summed E-state index contributed by atoms with van der Waals surface area (Å²) in [6.45, 7) is 2.58. The first kappa shape index (κ1) is 21.0. The molecule has 1 aromatic carbocycles. The second-order valence-electron chi connectivity index (χ2n) is 8.15. The third-order valence-corrected chi connectivity index (χ3v) is 5.43. The number of hydrogen-bond acceptors (Lipinski definition) is 10. The van der Waals surface area contributed by atoms with Crippen molar-refractivity contribution in [1.82, 2.24) is 0 Å². The molecule has 30 heavy (non-hydrogen) atoms. The normalized spacial score (nSPS) is 31.4. The molecule has 5 N–H and O–H groups in total. The van der Waals surface area contributed by atoms with Gasteiger partial charge in [-0.3, -0.25) is 0 Å². The zero-order chi connectivity index (χ0) is 21.8. The molecule has 164 valence electrons. The van der Waals surface area contributed by atoms with E-state index in [0.717, 1.165) is 0 Å². The van der Waals surface area contributed by atoms with Crippen molar-refractivity contribution in [2.45, 2.75) is 62.7 Å². The smallest absolute Gasteiger partial charge is 0.336 e. The van der Waals surface area contributed by atoms with Crippen molar-refractivity contribution in [3.8, 4) is 11.5 Å². The van der Waals surface area contributed by atoms with Crippen LogP contribution in [-0.4, -0.2) is 74.6 Å². The molecule has 0 saturated carbocycles. The van der Waals surface area contributed by atoms with Gasteiger partial charge in [0.25, 0.3) is 0 Å². The van der Waals surface area contributed by atoms with Crippen LogP contribution in [0.4, 0.5) is 0 Å².